The molecule has 0 aliphatic carbocycles. The first-order valence-corrected chi connectivity index (χ1v) is 12.3. The number of fused-ring (bicyclic) bond motifs is 1. The minimum atomic E-state index is 0. The monoisotopic (exact) mass is 677 g/mol. The first-order valence-electron chi connectivity index (χ1n) is 11.5. The number of phenolic OH excluding ortho intramolecular Hbond substituents is 1. The molecule has 0 radical (unpaired) electrons. The summed E-state index contributed by atoms with van der Waals surface area (Å²) < 4.78 is 0. The van der Waals surface area contributed by atoms with Crippen molar-refractivity contribution < 1.29 is 26.2 Å². The van der Waals surface area contributed by atoms with Crippen molar-refractivity contribution in [1.29, 1.82) is 0 Å². The number of nitrogens with zero attached hydrogens (tertiary/aromatic N) is 3. The minimum Gasteiger partial charge on any atom is -0.507 e. The molecule has 0 aliphatic rings. The molecule has 4 aromatic carbocycles. The van der Waals surface area contributed by atoms with Crippen LogP contribution >= 0.6 is 11.8 Å². The van der Waals surface area contributed by atoms with Crippen LogP contribution in [0.3, 0.4) is 0 Å². The van der Waals surface area contributed by atoms with Gasteiger partial charge in [-0.15, -0.1) is 29.8 Å². The van der Waals surface area contributed by atoms with Crippen LogP contribution in [0.25, 0.3) is 44.5 Å². The Morgan fingerprint density at radius 2 is 1.49 bits per heavy atom. The molecule has 0 fully saturated rings. The molecule has 1 N–H and O–H groups in total. The molecule has 0 amide bonds. The van der Waals surface area contributed by atoms with E-state index in [1.807, 2.05) is 85.1 Å². The molecule has 6 aromatic rings. The van der Waals surface area contributed by atoms with E-state index >= 15 is 0 Å². The topological polar surface area (TPSA) is 58.9 Å². The summed E-state index contributed by atoms with van der Waals surface area (Å²) in [5.41, 5.74) is 4.41. The van der Waals surface area contributed by atoms with E-state index in [1.165, 1.54) is 0 Å². The molecule has 0 aliphatic heterocycles. The van der Waals surface area contributed by atoms with Crippen LogP contribution in [-0.2, 0) is 21.1 Å². The van der Waals surface area contributed by atoms with E-state index in [9.17, 15) is 5.11 Å². The van der Waals surface area contributed by atoms with Gasteiger partial charge < -0.3 is 5.11 Å². The van der Waals surface area contributed by atoms with Gasteiger partial charge in [0.2, 0.25) is 0 Å². The maximum Gasteiger partial charge on any atom is 0.125 e. The molecule has 0 atom stereocenters. The second-order valence-corrected chi connectivity index (χ2v) is 9.23. The van der Waals surface area contributed by atoms with Gasteiger partial charge >= 0.3 is 0 Å². The van der Waals surface area contributed by atoms with Gasteiger partial charge in [0.15, 0.2) is 0 Å². The Labute approximate surface area is 233 Å². The van der Waals surface area contributed by atoms with Gasteiger partial charge in [-0.25, -0.2) is 4.98 Å². The molecule has 0 saturated heterocycles. The molecule has 0 saturated carbocycles. The maximum atomic E-state index is 10.6. The van der Waals surface area contributed by atoms with Gasteiger partial charge in [-0.05, 0) is 23.6 Å². The van der Waals surface area contributed by atoms with E-state index in [1.54, 1.807) is 30.1 Å². The summed E-state index contributed by atoms with van der Waals surface area (Å²) in [6.07, 6.45) is 3.60. The second-order valence-electron chi connectivity index (χ2n) is 8.20. The number of pyridine rings is 1. The Morgan fingerprint density at radius 3 is 2.35 bits per heavy atom. The van der Waals surface area contributed by atoms with Crippen LogP contribution in [0.1, 0.15) is 0 Å². The Kier molecular flexibility index (Phi) is 7.45. The predicted octanol–water partition coefficient (Wildman–Crippen LogP) is 7.68. The zero-order chi connectivity index (χ0) is 24.3. The molecule has 2 heterocycles. The zero-order valence-corrected chi connectivity index (χ0v) is 22.6. The van der Waals surface area contributed by atoms with Gasteiger partial charge in [0, 0.05) is 55.7 Å². The molecule has 6 heteroatoms. The Balaban J connectivity index is 0.00000280. The maximum absolute atomic E-state index is 10.6. The largest absolute Gasteiger partial charge is 0.507 e. The fourth-order valence-electron chi connectivity index (χ4n) is 4.12. The molecule has 6 rings (SSSR count). The summed E-state index contributed by atoms with van der Waals surface area (Å²) in [6.45, 7) is 0. The van der Waals surface area contributed by atoms with E-state index in [0.717, 1.165) is 31.8 Å². The van der Waals surface area contributed by atoms with Crippen LogP contribution in [0.4, 0.5) is 0 Å². The Morgan fingerprint density at radius 1 is 0.703 bits per heavy atom. The van der Waals surface area contributed by atoms with Crippen LogP contribution in [0.5, 0.6) is 5.75 Å². The summed E-state index contributed by atoms with van der Waals surface area (Å²) in [4.78, 5) is 15.3. The number of hydrogen-bond donors (Lipinski definition) is 1. The van der Waals surface area contributed by atoms with E-state index in [2.05, 4.69) is 23.2 Å². The number of aromatic hydroxyl groups is 1. The number of hydrogen-bond acceptors (Lipinski definition) is 5. The van der Waals surface area contributed by atoms with Crippen molar-refractivity contribution in [2.24, 2.45) is 0 Å². The van der Waals surface area contributed by atoms with Gasteiger partial charge in [-0.2, -0.15) is 0 Å². The Bertz CT molecular complexity index is 1690. The number of aromatic nitrogens is 3. The zero-order valence-electron chi connectivity index (χ0n) is 19.5. The fraction of sp³-hybridized carbons (Fsp3) is 0. The van der Waals surface area contributed by atoms with Crippen molar-refractivity contribution in [2.45, 2.75) is 9.92 Å². The quantitative estimate of drug-likeness (QED) is 0.190. The van der Waals surface area contributed by atoms with E-state index in [-0.39, 0.29) is 26.8 Å². The molecular weight excluding hydrogens is 658 g/mol. The first-order chi connectivity index (χ1) is 17.8. The van der Waals surface area contributed by atoms with Crippen molar-refractivity contribution in [2.75, 3.05) is 0 Å². The number of para-hydroxylation sites is 1. The molecule has 0 bridgehead atoms. The predicted molar refractivity (Wildman–Crippen MR) is 145 cm³/mol. The summed E-state index contributed by atoms with van der Waals surface area (Å²) in [6, 6.07) is 36.8. The van der Waals surface area contributed by atoms with Crippen molar-refractivity contribution in [3.05, 3.63) is 122 Å². The molecule has 4 nitrogen and oxygen atoms in total. The molecule has 182 valence electrons. The SMILES string of the molecule is Oc1ccccc1-c1nc(-c2[c-]c(Sc3nccc4ccccc34)ccc2)cnc1-c1ccccc1.[Pt]. The van der Waals surface area contributed by atoms with E-state index in [0.29, 0.717) is 22.6 Å². The van der Waals surface area contributed by atoms with Gasteiger partial charge in [0.25, 0.3) is 0 Å². The summed E-state index contributed by atoms with van der Waals surface area (Å²) >= 11 is 1.57. The van der Waals surface area contributed by atoms with Crippen LogP contribution in [0.15, 0.2) is 125 Å². The van der Waals surface area contributed by atoms with Gasteiger partial charge in [0.05, 0.1) is 11.4 Å². The average Bonchev–Trinajstić information content (AvgIpc) is 2.94. The van der Waals surface area contributed by atoms with Crippen molar-refractivity contribution in [1.82, 2.24) is 15.0 Å². The Hall–Kier alpha value is -3.79. The van der Waals surface area contributed by atoms with Gasteiger partial charge in [0.1, 0.15) is 10.8 Å². The molecule has 0 spiro atoms. The number of rotatable bonds is 5. The third kappa shape index (κ3) is 5.20. The van der Waals surface area contributed by atoms with Gasteiger partial charge in [-0.3, -0.25) is 9.97 Å². The second kappa shape index (κ2) is 11.1. The minimum absolute atomic E-state index is 0. The van der Waals surface area contributed by atoms with E-state index in [4.69, 9.17) is 9.97 Å². The number of benzene rings is 4. The van der Waals surface area contributed by atoms with E-state index < -0.39 is 0 Å². The normalized spacial score (nSPS) is 10.7. The number of phenols is 1. The molecule has 0 unspecified atom stereocenters. The third-order valence-electron chi connectivity index (χ3n) is 5.87. The van der Waals surface area contributed by atoms with Crippen molar-refractivity contribution in [3.63, 3.8) is 0 Å². The molecule has 2 aromatic heterocycles. The molecular formula is C31H20N3OPtS-. The third-order valence-corrected chi connectivity index (χ3v) is 6.84. The van der Waals surface area contributed by atoms with Crippen molar-refractivity contribution in [3.8, 4) is 39.5 Å². The molecule has 37 heavy (non-hydrogen) atoms. The van der Waals surface area contributed by atoms with Crippen molar-refractivity contribution >= 4 is 22.5 Å². The summed E-state index contributed by atoms with van der Waals surface area (Å²) in [5, 5.41) is 13.8. The smallest absolute Gasteiger partial charge is 0.125 e. The van der Waals surface area contributed by atoms with Crippen LogP contribution in [0.2, 0.25) is 0 Å². The van der Waals surface area contributed by atoms with Crippen LogP contribution in [-0.4, -0.2) is 20.1 Å². The standard InChI is InChI=1S/C31H20N3OS.Pt/c35-28-16-7-6-15-26(28)30-29(22-10-2-1-3-11-22)33-20-27(34-30)23-12-8-13-24(19-23)36-31-25-14-5-4-9-21(25)17-18-32-31;/h1-18,20,35H;/q-1;. The summed E-state index contributed by atoms with van der Waals surface area (Å²) in [5.74, 6) is 0.163. The average molecular weight is 678 g/mol. The van der Waals surface area contributed by atoms with Crippen LogP contribution in [0, 0.1) is 6.07 Å². The first kappa shape index (κ1) is 24.9. The fourth-order valence-corrected chi connectivity index (χ4v) is 5.05. The summed E-state index contributed by atoms with van der Waals surface area (Å²) in [7, 11) is 0. The van der Waals surface area contributed by atoms with Gasteiger partial charge in [-0.1, -0.05) is 83.4 Å². The van der Waals surface area contributed by atoms with Crippen LogP contribution < -0.4 is 0 Å².